The van der Waals surface area contributed by atoms with Gasteiger partial charge in [-0.3, -0.25) is 9.78 Å². The number of amides is 1. The summed E-state index contributed by atoms with van der Waals surface area (Å²) >= 11 is 0. The van der Waals surface area contributed by atoms with E-state index in [4.69, 9.17) is 4.74 Å². The minimum atomic E-state index is 0.232. The normalized spacial score (nSPS) is 24.6. The maximum atomic E-state index is 13.8. The number of ether oxygens (including phenoxy) is 1. The Morgan fingerprint density at radius 1 is 1.03 bits per heavy atom. The topological polar surface area (TPSA) is 45.7 Å². The van der Waals surface area contributed by atoms with E-state index in [1.165, 1.54) is 22.0 Å². The number of carbonyl (C=O) groups excluding carboxylic acids is 1. The van der Waals surface area contributed by atoms with E-state index < -0.39 is 0 Å². The first-order valence-electron chi connectivity index (χ1n) is 12.7. The zero-order valence-electron chi connectivity index (χ0n) is 20.0. The highest BCUT2D eigenvalue weighted by Crippen LogP contribution is 2.41. The summed E-state index contributed by atoms with van der Waals surface area (Å²) in [6, 6.07) is 15.8. The van der Waals surface area contributed by atoms with Crippen LogP contribution in [0.15, 0.2) is 54.9 Å². The maximum absolute atomic E-state index is 13.8. The first-order chi connectivity index (χ1) is 16.7. The Hall–Kier alpha value is -2.92. The molecule has 3 fully saturated rings. The summed E-state index contributed by atoms with van der Waals surface area (Å²) < 4.78 is 5.52. The monoisotopic (exact) mass is 455 g/mol. The molecule has 2 unspecified atom stereocenters. The van der Waals surface area contributed by atoms with Crippen molar-refractivity contribution in [3.05, 3.63) is 71.5 Å². The van der Waals surface area contributed by atoms with E-state index in [1.807, 2.05) is 24.5 Å². The largest absolute Gasteiger partial charge is 0.378 e. The van der Waals surface area contributed by atoms with Gasteiger partial charge in [0.15, 0.2) is 0 Å². The van der Waals surface area contributed by atoms with Crippen LogP contribution in [-0.2, 0) is 11.2 Å². The van der Waals surface area contributed by atoms with E-state index in [2.05, 4.69) is 52.0 Å². The minimum absolute atomic E-state index is 0.232. The highest BCUT2D eigenvalue weighted by Gasteiger charge is 2.43. The van der Waals surface area contributed by atoms with Gasteiger partial charge in [0.25, 0.3) is 5.91 Å². The third-order valence-corrected chi connectivity index (χ3v) is 8.18. The van der Waals surface area contributed by atoms with Crippen LogP contribution in [0, 0.1) is 12.8 Å². The number of anilines is 1. The number of aromatic nitrogens is 1. The van der Waals surface area contributed by atoms with Gasteiger partial charge >= 0.3 is 0 Å². The standard InChI is InChI=1S/C29H33N3O2/c1-20-27(3-2-4-28(20)31-11-13-34-14-12-31)29(33)32-25-7-8-26(32)18-22(17-25)15-21-5-6-23-9-10-30-19-24(23)16-21/h2-6,9-10,16,19,22,25-26H,7-8,11-15,17-18H2,1H3. The number of carbonyl (C=O) groups is 1. The lowest BCUT2D eigenvalue weighted by molar-refractivity contribution is 0.0524. The summed E-state index contributed by atoms with van der Waals surface area (Å²) in [6.45, 7) is 5.40. The molecule has 0 saturated carbocycles. The molecule has 2 bridgehead atoms. The zero-order chi connectivity index (χ0) is 23.1. The number of morpholine rings is 1. The molecule has 5 heteroatoms. The van der Waals surface area contributed by atoms with Crippen molar-refractivity contribution in [2.45, 2.75) is 51.1 Å². The molecule has 2 aromatic carbocycles. The lowest BCUT2D eigenvalue weighted by Crippen LogP contribution is -2.47. The van der Waals surface area contributed by atoms with Gasteiger partial charge in [-0.05, 0) is 85.7 Å². The maximum Gasteiger partial charge on any atom is 0.254 e. The molecule has 0 aliphatic carbocycles. The van der Waals surface area contributed by atoms with Gasteiger partial charge in [0.2, 0.25) is 0 Å². The average molecular weight is 456 g/mol. The van der Waals surface area contributed by atoms with Crippen molar-refractivity contribution in [1.29, 1.82) is 0 Å². The summed E-state index contributed by atoms with van der Waals surface area (Å²) in [5.41, 5.74) is 4.56. The Labute approximate surface area is 201 Å². The van der Waals surface area contributed by atoms with Gasteiger partial charge in [0, 0.05) is 54.2 Å². The number of nitrogens with zero attached hydrogens (tertiary/aromatic N) is 3. The number of benzene rings is 2. The Kier molecular flexibility index (Phi) is 5.74. The molecule has 6 rings (SSSR count). The Morgan fingerprint density at radius 2 is 1.82 bits per heavy atom. The van der Waals surface area contributed by atoms with E-state index >= 15 is 0 Å². The van der Waals surface area contributed by atoms with Crippen LogP contribution in [0.3, 0.4) is 0 Å². The van der Waals surface area contributed by atoms with Crippen molar-refractivity contribution >= 4 is 22.4 Å². The van der Waals surface area contributed by atoms with Gasteiger partial charge in [0.1, 0.15) is 0 Å². The molecule has 5 nitrogen and oxygen atoms in total. The van der Waals surface area contributed by atoms with Crippen molar-refractivity contribution in [3.8, 4) is 0 Å². The molecule has 0 spiro atoms. The molecule has 3 saturated heterocycles. The fourth-order valence-corrected chi connectivity index (χ4v) is 6.52. The van der Waals surface area contributed by atoms with Crippen LogP contribution in [0.5, 0.6) is 0 Å². The lowest BCUT2D eigenvalue weighted by Gasteiger charge is -2.40. The van der Waals surface area contributed by atoms with Gasteiger partial charge < -0.3 is 14.5 Å². The van der Waals surface area contributed by atoms with Gasteiger partial charge in [-0.15, -0.1) is 0 Å². The second kappa shape index (κ2) is 9.03. The molecule has 3 aromatic rings. The van der Waals surface area contributed by atoms with Crippen LogP contribution in [-0.4, -0.2) is 54.2 Å². The molecule has 34 heavy (non-hydrogen) atoms. The van der Waals surface area contributed by atoms with Crippen molar-refractivity contribution in [1.82, 2.24) is 9.88 Å². The average Bonchev–Trinajstić information content (AvgIpc) is 3.14. The predicted octanol–water partition coefficient (Wildman–Crippen LogP) is 5.01. The van der Waals surface area contributed by atoms with E-state index in [-0.39, 0.29) is 5.91 Å². The molecule has 2 atom stereocenters. The summed E-state index contributed by atoms with van der Waals surface area (Å²) in [5.74, 6) is 0.867. The number of piperidine rings is 1. The summed E-state index contributed by atoms with van der Waals surface area (Å²) in [7, 11) is 0. The zero-order valence-corrected chi connectivity index (χ0v) is 20.0. The van der Waals surface area contributed by atoms with E-state index in [0.29, 0.717) is 18.0 Å². The molecular formula is C29H33N3O2. The third kappa shape index (κ3) is 3.96. The Bertz CT molecular complexity index is 1190. The summed E-state index contributed by atoms with van der Waals surface area (Å²) in [4.78, 5) is 22.7. The smallest absolute Gasteiger partial charge is 0.254 e. The number of hydrogen-bond donors (Lipinski definition) is 0. The molecule has 176 valence electrons. The fraction of sp³-hybridized carbons (Fsp3) is 0.448. The van der Waals surface area contributed by atoms with Crippen molar-refractivity contribution in [2.24, 2.45) is 5.92 Å². The van der Waals surface area contributed by atoms with Crippen molar-refractivity contribution < 1.29 is 9.53 Å². The quantitative estimate of drug-likeness (QED) is 0.555. The second-order valence-corrected chi connectivity index (χ2v) is 10.2. The van der Waals surface area contributed by atoms with Gasteiger partial charge in [0.05, 0.1) is 13.2 Å². The number of hydrogen-bond acceptors (Lipinski definition) is 4. The van der Waals surface area contributed by atoms with Crippen LogP contribution < -0.4 is 4.90 Å². The van der Waals surface area contributed by atoms with Gasteiger partial charge in [-0.2, -0.15) is 0 Å². The molecule has 3 aliphatic rings. The van der Waals surface area contributed by atoms with Crippen LogP contribution in [0.4, 0.5) is 5.69 Å². The van der Waals surface area contributed by atoms with Crippen LogP contribution >= 0.6 is 0 Å². The highest BCUT2D eigenvalue weighted by molar-refractivity contribution is 5.97. The van der Waals surface area contributed by atoms with Crippen LogP contribution in [0.1, 0.15) is 47.2 Å². The Morgan fingerprint density at radius 3 is 2.62 bits per heavy atom. The van der Waals surface area contributed by atoms with E-state index in [0.717, 1.165) is 69.5 Å². The summed E-state index contributed by atoms with van der Waals surface area (Å²) in [6.07, 6.45) is 9.38. The van der Waals surface area contributed by atoms with E-state index in [9.17, 15) is 4.79 Å². The molecule has 1 aromatic heterocycles. The van der Waals surface area contributed by atoms with Crippen molar-refractivity contribution in [2.75, 3.05) is 31.2 Å². The van der Waals surface area contributed by atoms with E-state index in [1.54, 1.807) is 0 Å². The van der Waals surface area contributed by atoms with Crippen LogP contribution in [0.2, 0.25) is 0 Å². The third-order valence-electron chi connectivity index (χ3n) is 8.18. The molecule has 0 radical (unpaired) electrons. The first kappa shape index (κ1) is 21.6. The van der Waals surface area contributed by atoms with Gasteiger partial charge in [-0.25, -0.2) is 0 Å². The van der Waals surface area contributed by atoms with Gasteiger partial charge in [-0.1, -0.05) is 18.2 Å². The summed E-state index contributed by atoms with van der Waals surface area (Å²) in [5, 5.41) is 2.46. The minimum Gasteiger partial charge on any atom is -0.378 e. The lowest BCUT2D eigenvalue weighted by atomic mass is 9.85. The Balaban J connectivity index is 1.18. The first-order valence-corrected chi connectivity index (χ1v) is 12.7. The fourth-order valence-electron chi connectivity index (χ4n) is 6.52. The second-order valence-electron chi connectivity index (χ2n) is 10.2. The van der Waals surface area contributed by atoms with Crippen molar-refractivity contribution in [3.63, 3.8) is 0 Å². The molecule has 4 heterocycles. The SMILES string of the molecule is Cc1c(C(=O)N2C3CCC2CC(Cc2ccc4ccncc4c2)C3)cccc1N1CCOCC1. The number of pyridine rings is 1. The molecular weight excluding hydrogens is 422 g/mol. The van der Waals surface area contributed by atoms with Crippen LogP contribution in [0.25, 0.3) is 10.8 Å². The number of rotatable bonds is 4. The molecule has 1 amide bonds. The predicted molar refractivity (Wildman–Crippen MR) is 135 cm³/mol. The number of fused-ring (bicyclic) bond motifs is 3. The highest BCUT2D eigenvalue weighted by atomic mass is 16.5. The molecule has 3 aliphatic heterocycles. The molecule has 0 N–H and O–H groups in total.